The van der Waals surface area contributed by atoms with Crippen molar-refractivity contribution in [2.75, 3.05) is 25.2 Å². The van der Waals surface area contributed by atoms with Crippen LogP contribution >= 0.6 is 0 Å². The molecule has 0 saturated carbocycles. The average Bonchev–Trinajstić information content (AvgIpc) is 3.28. The highest BCUT2D eigenvalue weighted by Gasteiger charge is 2.46. The van der Waals surface area contributed by atoms with Gasteiger partial charge in [-0.2, -0.15) is 0 Å². The van der Waals surface area contributed by atoms with Gasteiger partial charge in [-0.15, -0.1) is 0 Å². The van der Waals surface area contributed by atoms with E-state index in [1.807, 2.05) is 30.5 Å². The van der Waals surface area contributed by atoms with Gasteiger partial charge in [0.15, 0.2) is 19.7 Å². The molecule has 31 heavy (non-hydrogen) atoms. The summed E-state index contributed by atoms with van der Waals surface area (Å²) in [6, 6.07) is 12.2. The summed E-state index contributed by atoms with van der Waals surface area (Å²) in [6.07, 6.45) is 2.59. The van der Waals surface area contributed by atoms with E-state index in [9.17, 15) is 16.8 Å². The first kappa shape index (κ1) is 21.9. The minimum Gasteiger partial charge on any atom is -0.495 e. The van der Waals surface area contributed by atoms with Gasteiger partial charge in [-0.3, -0.25) is 0 Å². The molecule has 0 radical (unpaired) electrons. The number of ether oxygens (including phenoxy) is 1. The maximum atomic E-state index is 13.4. The molecule has 0 spiro atoms. The summed E-state index contributed by atoms with van der Waals surface area (Å²) in [6.45, 7) is 2.26. The van der Waals surface area contributed by atoms with E-state index in [0.717, 1.165) is 22.0 Å². The lowest BCUT2D eigenvalue weighted by molar-refractivity contribution is 0.402. The van der Waals surface area contributed by atoms with E-state index in [0.29, 0.717) is 13.0 Å². The summed E-state index contributed by atoms with van der Waals surface area (Å²) < 4.78 is 56.9. The van der Waals surface area contributed by atoms with Gasteiger partial charge in [0.2, 0.25) is 0 Å². The molecule has 7 nitrogen and oxygen atoms in total. The van der Waals surface area contributed by atoms with E-state index in [1.54, 1.807) is 25.1 Å². The van der Waals surface area contributed by atoms with Crippen LogP contribution in [0.1, 0.15) is 11.1 Å². The van der Waals surface area contributed by atoms with Crippen LogP contribution in [-0.2, 0) is 26.1 Å². The van der Waals surface area contributed by atoms with Crippen molar-refractivity contribution in [3.05, 3.63) is 59.8 Å². The monoisotopic (exact) mass is 462 g/mol. The highest BCUT2D eigenvalue weighted by atomic mass is 32.2. The number of para-hydroxylation sites is 1. The SMILES string of the molecule is COc1ccc(C)cc1S(=O)(=O)[C@H]1CS(=O)(=O)C[C@@H]1NCCc1c[nH]c2ccccc12. The quantitative estimate of drug-likeness (QED) is 0.558. The molecule has 0 aliphatic carbocycles. The van der Waals surface area contributed by atoms with E-state index in [4.69, 9.17) is 4.74 Å². The lowest BCUT2D eigenvalue weighted by Crippen LogP contribution is -2.44. The fourth-order valence-electron chi connectivity index (χ4n) is 4.21. The largest absolute Gasteiger partial charge is 0.495 e. The number of benzene rings is 2. The Bertz CT molecular complexity index is 1310. The van der Waals surface area contributed by atoms with Crippen LogP contribution in [0.3, 0.4) is 0 Å². The summed E-state index contributed by atoms with van der Waals surface area (Å²) >= 11 is 0. The van der Waals surface area contributed by atoms with Crippen molar-refractivity contribution >= 4 is 30.6 Å². The Hall–Kier alpha value is -2.36. The fraction of sp³-hybridized carbons (Fsp3) is 0.364. The van der Waals surface area contributed by atoms with Crippen molar-refractivity contribution in [1.82, 2.24) is 10.3 Å². The van der Waals surface area contributed by atoms with Crippen LogP contribution in [-0.4, -0.2) is 58.3 Å². The first-order valence-corrected chi connectivity index (χ1v) is 13.5. The van der Waals surface area contributed by atoms with Crippen LogP contribution in [0, 0.1) is 6.92 Å². The van der Waals surface area contributed by atoms with Crippen LogP contribution in [0.5, 0.6) is 5.75 Å². The molecule has 4 rings (SSSR count). The highest BCUT2D eigenvalue weighted by molar-refractivity contribution is 7.96. The third kappa shape index (κ3) is 4.35. The van der Waals surface area contributed by atoms with E-state index in [2.05, 4.69) is 10.3 Å². The first-order chi connectivity index (χ1) is 14.7. The molecule has 1 aromatic heterocycles. The Morgan fingerprint density at radius 3 is 2.71 bits per heavy atom. The lowest BCUT2D eigenvalue weighted by Gasteiger charge is -2.21. The van der Waals surface area contributed by atoms with Gasteiger partial charge >= 0.3 is 0 Å². The van der Waals surface area contributed by atoms with Gasteiger partial charge in [0.1, 0.15) is 10.6 Å². The molecule has 1 fully saturated rings. The smallest absolute Gasteiger partial charge is 0.187 e. The van der Waals surface area contributed by atoms with E-state index >= 15 is 0 Å². The summed E-state index contributed by atoms with van der Waals surface area (Å²) in [5.74, 6) is -0.358. The number of aromatic amines is 1. The molecular weight excluding hydrogens is 436 g/mol. The highest BCUT2D eigenvalue weighted by Crippen LogP contribution is 2.32. The van der Waals surface area contributed by atoms with Gasteiger partial charge in [-0.05, 0) is 49.2 Å². The van der Waals surface area contributed by atoms with Gasteiger partial charge in [0.05, 0.1) is 23.9 Å². The number of methoxy groups -OCH3 is 1. The molecule has 9 heteroatoms. The minimum absolute atomic E-state index is 0.0422. The zero-order valence-electron chi connectivity index (χ0n) is 17.5. The van der Waals surface area contributed by atoms with Gasteiger partial charge in [0, 0.05) is 23.1 Å². The van der Waals surface area contributed by atoms with Crippen molar-refractivity contribution in [2.45, 2.75) is 29.5 Å². The summed E-state index contributed by atoms with van der Waals surface area (Å²) in [5, 5.41) is 3.25. The third-order valence-corrected chi connectivity index (χ3v) is 9.97. The fourth-order valence-corrected chi connectivity index (χ4v) is 9.17. The van der Waals surface area contributed by atoms with E-state index in [-0.39, 0.29) is 16.4 Å². The maximum Gasteiger partial charge on any atom is 0.187 e. The molecule has 0 amide bonds. The molecule has 166 valence electrons. The molecule has 2 heterocycles. The second-order valence-corrected chi connectivity index (χ2v) is 12.3. The van der Waals surface area contributed by atoms with Crippen LogP contribution < -0.4 is 10.1 Å². The van der Waals surface area contributed by atoms with Crippen molar-refractivity contribution in [3.63, 3.8) is 0 Å². The topological polar surface area (TPSA) is 105 Å². The molecule has 1 aliphatic rings. The molecular formula is C22H26N2O5S2. The van der Waals surface area contributed by atoms with Crippen molar-refractivity contribution in [1.29, 1.82) is 0 Å². The van der Waals surface area contributed by atoms with Crippen LogP contribution in [0.15, 0.2) is 53.6 Å². The van der Waals surface area contributed by atoms with Gasteiger partial charge < -0.3 is 15.0 Å². The van der Waals surface area contributed by atoms with Crippen LogP contribution in [0.4, 0.5) is 0 Å². The molecule has 2 N–H and O–H groups in total. The number of H-pyrrole nitrogens is 1. The molecule has 2 atom stereocenters. The molecule has 2 aromatic carbocycles. The zero-order chi connectivity index (χ0) is 22.2. The molecule has 0 bridgehead atoms. The Morgan fingerprint density at radius 2 is 1.94 bits per heavy atom. The Morgan fingerprint density at radius 1 is 1.16 bits per heavy atom. The number of hydrogen-bond donors (Lipinski definition) is 2. The number of rotatable bonds is 7. The standard InChI is InChI=1S/C22H26N2O5S2/c1-15-7-8-20(29-2)21(11-15)31(27,28)22-14-30(25,26)13-19(22)23-10-9-16-12-24-18-6-4-3-5-17(16)18/h3-8,11-12,19,22-24H,9-10,13-14H2,1-2H3/t19-,22-/m0/s1. The molecule has 1 saturated heterocycles. The number of nitrogens with one attached hydrogen (secondary N) is 2. The van der Waals surface area contributed by atoms with Gasteiger partial charge in [-0.25, -0.2) is 16.8 Å². The number of aromatic nitrogens is 1. The Kier molecular flexibility index (Phi) is 5.85. The molecule has 0 unspecified atom stereocenters. The number of aryl methyl sites for hydroxylation is 1. The second-order valence-electron chi connectivity index (χ2n) is 7.98. The summed E-state index contributed by atoms with van der Waals surface area (Å²) in [4.78, 5) is 3.26. The van der Waals surface area contributed by atoms with Crippen LogP contribution in [0.25, 0.3) is 10.9 Å². The van der Waals surface area contributed by atoms with Crippen LogP contribution in [0.2, 0.25) is 0 Å². The predicted octanol–water partition coefficient (Wildman–Crippen LogP) is 2.26. The lowest BCUT2D eigenvalue weighted by atomic mass is 10.1. The van der Waals surface area contributed by atoms with E-state index in [1.165, 1.54) is 7.11 Å². The number of fused-ring (bicyclic) bond motifs is 1. The zero-order valence-corrected chi connectivity index (χ0v) is 19.1. The van der Waals surface area contributed by atoms with E-state index < -0.39 is 36.7 Å². The van der Waals surface area contributed by atoms with Crippen molar-refractivity contribution < 1.29 is 21.6 Å². The average molecular weight is 463 g/mol. The minimum atomic E-state index is -3.92. The Balaban J connectivity index is 1.56. The number of hydrogen-bond acceptors (Lipinski definition) is 6. The third-order valence-electron chi connectivity index (χ3n) is 5.80. The molecule has 3 aromatic rings. The summed E-state index contributed by atoms with van der Waals surface area (Å²) in [7, 11) is -5.98. The Labute approximate surface area is 182 Å². The predicted molar refractivity (Wildman–Crippen MR) is 121 cm³/mol. The summed E-state index contributed by atoms with van der Waals surface area (Å²) in [5.41, 5.74) is 2.90. The first-order valence-electron chi connectivity index (χ1n) is 10.1. The normalized spacial score (nSPS) is 20.8. The van der Waals surface area contributed by atoms with Crippen molar-refractivity contribution in [3.8, 4) is 5.75 Å². The number of sulfone groups is 2. The van der Waals surface area contributed by atoms with Gasteiger partial charge in [-0.1, -0.05) is 24.3 Å². The maximum absolute atomic E-state index is 13.4. The van der Waals surface area contributed by atoms with Crippen molar-refractivity contribution in [2.24, 2.45) is 0 Å². The second kappa shape index (κ2) is 8.29. The van der Waals surface area contributed by atoms with Gasteiger partial charge in [0.25, 0.3) is 0 Å². The molecule has 1 aliphatic heterocycles.